The molecule has 4 heteroatoms. The zero-order chi connectivity index (χ0) is 14.4. The molecule has 0 radical (unpaired) electrons. The van der Waals surface area contributed by atoms with Crippen molar-refractivity contribution in [2.45, 2.75) is 38.8 Å². The van der Waals surface area contributed by atoms with Gasteiger partial charge < -0.3 is 10.1 Å². The summed E-state index contributed by atoms with van der Waals surface area (Å²) in [7, 11) is 0. The number of amides is 1. The molecular weight excluding hydrogens is 252 g/mol. The molecule has 110 valence electrons. The molecule has 0 unspecified atom stereocenters. The van der Waals surface area contributed by atoms with Crippen molar-refractivity contribution in [2.75, 3.05) is 19.6 Å². The first-order chi connectivity index (χ1) is 9.70. The Morgan fingerprint density at radius 1 is 1.45 bits per heavy atom. The zero-order valence-electron chi connectivity index (χ0n) is 12.3. The van der Waals surface area contributed by atoms with Gasteiger partial charge in [-0.1, -0.05) is 25.1 Å². The third-order valence-corrected chi connectivity index (χ3v) is 3.84. The molecule has 1 aliphatic rings. The average Bonchev–Trinajstić information content (AvgIpc) is 2.93. The van der Waals surface area contributed by atoms with Crippen molar-refractivity contribution in [3.63, 3.8) is 0 Å². The zero-order valence-corrected chi connectivity index (χ0v) is 12.3. The number of benzene rings is 1. The van der Waals surface area contributed by atoms with Gasteiger partial charge in [-0.25, -0.2) is 0 Å². The van der Waals surface area contributed by atoms with Gasteiger partial charge >= 0.3 is 0 Å². The van der Waals surface area contributed by atoms with Gasteiger partial charge in [0.05, 0.1) is 0 Å². The van der Waals surface area contributed by atoms with Crippen LogP contribution in [0.2, 0.25) is 0 Å². The molecule has 1 amide bonds. The molecule has 0 saturated carbocycles. The summed E-state index contributed by atoms with van der Waals surface area (Å²) in [5, 5.41) is 3.00. The first-order valence-corrected chi connectivity index (χ1v) is 7.44. The van der Waals surface area contributed by atoms with Crippen molar-refractivity contribution in [1.82, 2.24) is 10.2 Å². The van der Waals surface area contributed by atoms with E-state index in [9.17, 15) is 4.79 Å². The topological polar surface area (TPSA) is 41.6 Å². The normalized spacial score (nSPS) is 20.6. The Balaban J connectivity index is 1.77. The third kappa shape index (κ3) is 3.97. The van der Waals surface area contributed by atoms with Crippen molar-refractivity contribution in [3.05, 3.63) is 30.3 Å². The Kier molecular flexibility index (Phi) is 5.41. The molecule has 1 N–H and O–H groups in total. The second-order valence-corrected chi connectivity index (χ2v) is 5.24. The van der Waals surface area contributed by atoms with Crippen LogP contribution in [0.5, 0.6) is 5.75 Å². The van der Waals surface area contributed by atoms with Crippen LogP contribution in [0.4, 0.5) is 0 Å². The van der Waals surface area contributed by atoms with E-state index in [0.29, 0.717) is 6.04 Å². The number of ether oxygens (including phenoxy) is 1. The number of para-hydroxylation sites is 1. The van der Waals surface area contributed by atoms with Crippen LogP contribution in [0.15, 0.2) is 30.3 Å². The summed E-state index contributed by atoms with van der Waals surface area (Å²) < 4.78 is 5.62. The number of hydrogen-bond donors (Lipinski definition) is 1. The van der Waals surface area contributed by atoms with Crippen molar-refractivity contribution in [3.8, 4) is 5.75 Å². The van der Waals surface area contributed by atoms with Gasteiger partial charge in [0.1, 0.15) is 5.75 Å². The van der Waals surface area contributed by atoms with Crippen LogP contribution in [-0.2, 0) is 4.79 Å². The lowest BCUT2D eigenvalue weighted by atomic mass is 10.2. The summed E-state index contributed by atoms with van der Waals surface area (Å²) in [6.45, 7) is 6.87. The number of carbonyl (C=O) groups is 1. The van der Waals surface area contributed by atoms with Gasteiger partial charge in [-0.3, -0.25) is 9.69 Å². The molecule has 0 bridgehead atoms. The molecule has 1 saturated heterocycles. The number of nitrogens with zero attached hydrogens (tertiary/aromatic N) is 1. The Morgan fingerprint density at radius 2 is 2.20 bits per heavy atom. The van der Waals surface area contributed by atoms with Gasteiger partial charge in [-0.15, -0.1) is 0 Å². The standard InChI is InChI=1S/C16H24N2O2/c1-3-18-11-7-8-14(18)12-17-16(19)13(2)20-15-9-5-4-6-10-15/h4-6,9-10,13-14H,3,7-8,11-12H2,1-2H3,(H,17,19)/t13-,14-/m1/s1. The van der Waals surface area contributed by atoms with Crippen LogP contribution in [0, 0.1) is 0 Å². The monoisotopic (exact) mass is 276 g/mol. The highest BCUT2D eigenvalue weighted by Gasteiger charge is 2.24. The molecule has 1 aromatic carbocycles. The summed E-state index contributed by atoms with van der Waals surface area (Å²) in [6, 6.07) is 9.93. The second-order valence-electron chi connectivity index (χ2n) is 5.24. The van der Waals surface area contributed by atoms with Crippen LogP contribution in [-0.4, -0.2) is 42.6 Å². The number of nitrogens with one attached hydrogen (secondary N) is 1. The first-order valence-electron chi connectivity index (χ1n) is 7.44. The number of rotatable bonds is 6. The second kappa shape index (κ2) is 7.29. The highest BCUT2D eigenvalue weighted by molar-refractivity contribution is 5.80. The molecule has 1 heterocycles. The van der Waals surface area contributed by atoms with Gasteiger partial charge in [0.2, 0.25) is 0 Å². The van der Waals surface area contributed by atoms with Crippen LogP contribution in [0.25, 0.3) is 0 Å². The largest absolute Gasteiger partial charge is 0.481 e. The van der Waals surface area contributed by atoms with Gasteiger partial charge in [0.15, 0.2) is 6.10 Å². The molecule has 4 nitrogen and oxygen atoms in total. The maximum atomic E-state index is 12.0. The van der Waals surface area contributed by atoms with Gasteiger partial charge in [-0.2, -0.15) is 0 Å². The predicted molar refractivity (Wildman–Crippen MR) is 79.8 cm³/mol. The maximum Gasteiger partial charge on any atom is 0.260 e. The van der Waals surface area contributed by atoms with E-state index in [2.05, 4.69) is 17.1 Å². The van der Waals surface area contributed by atoms with E-state index in [-0.39, 0.29) is 5.91 Å². The van der Waals surface area contributed by atoms with Gasteiger partial charge in [-0.05, 0) is 45.0 Å². The SMILES string of the molecule is CCN1CCC[C@@H]1CNC(=O)[C@@H](C)Oc1ccccc1. The van der Waals surface area contributed by atoms with Crippen molar-refractivity contribution >= 4 is 5.91 Å². The fourth-order valence-corrected chi connectivity index (χ4v) is 2.66. The van der Waals surface area contributed by atoms with Crippen molar-refractivity contribution in [1.29, 1.82) is 0 Å². The maximum absolute atomic E-state index is 12.0. The van der Waals surface area contributed by atoms with E-state index < -0.39 is 6.10 Å². The van der Waals surface area contributed by atoms with Crippen LogP contribution in [0.3, 0.4) is 0 Å². The third-order valence-electron chi connectivity index (χ3n) is 3.84. The fourth-order valence-electron chi connectivity index (χ4n) is 2.66. The van der Waals surface area contributed by atoms with Crippen LogP contribution < -0.4 is 10.1 Å². The lowest BCUT2D eigenvalue weighted by Gasteiger charge is -2.23. The quantitative estimate of drug-likeness (QED) is 0.864. The van der Waals surface area contributed by atoms with E-state index in [4.69, 9.17) is 4.74 Å². The Bertz CT molecular complexity index is 422. The minimum Gasteiger partial charge on any atom is -0.481 e. The Morgan fingerprint density at radius 3 is 2.90 bits per heavy atom. The number of hydrogen-bond acceptors (Lipinski definition) is 3. The first kappa shape index (κ1) is 14.9. The molecule has 20 heavy (non-hydrogen) atoms. The summed E-state index contributed by atoms with van der Waals surface area (Å²) in [6.07, 6.45) is 1.93. The lowest BCUT2D eigenvalue weighted by Crippen LogP contribution is -2.44. The van der Waals surface area contributed by atoms with Crippen molar-refractivity contribution < 1.29 is 9.53 Å². The molecule has 1 aliphatic heterocycles. The Hall–Kier alpha value is -1.55. The van der Waals surface area contributed by atoms with E-state index in [1.54, 1.807) is 6.92 Å². The Labute approximate surface area is 121 Å². The lowest BCUT2D eigenvalue weighted by molar-refractivity contribution is -0.127. The van der Waals surface area contributed by atoms with Crippen LogP contribution >= 0.6 is 0 Å². The number of likely N-dealkylation sites (tertiary alicyclic amines) is 1. The summed E-state index contributed by atoms with van der Waals surface area (Å²) in [5.41, 5.74) is 0. The molecular formula is C16H24N2O2. The minimum absolute atomic E-state index is 0.0446. The van der Waals surface area contributed by atoms with E-state index in [1.807, 2.05) is 30.3 Å². The number of carbonyl (C=O) groups excluding carboxylic acids is 1. The molecule has 2 atom stereocenters. The minimum atomic E-state index is -0.464. The molecule has 1 aromatic rings. The smallest absolute Gasteiger partial charge is 0.260 e. The molecule has 0 spiro atoms. The molecule has 1 fully saturated rings. The van der Waals surface area contributed by atoms with E-state index >= 15 is 0 Å². The molecule has 0 aliphatic carbocycles. The highest BCUT2D eigenvalue weighted by atomic mass is 16.5. The number of likely N-dealkylation sites (N-methyl/N-ethyl adjacent to an activating group) is 1. The van der Waals surface area contributed by atoms with E-state index in [0.717, 1.165) is 25.4 Å². The van der Waals surface area contributed by atoms with Crippen LogP contribution in [0.1, 0.15) is 26.7 Å². The van der Waals surface area contributed by atoms with Gasteiger partial charge in [0, 0.05) is 12.6 Å². The molecule has 2 rings (SSSR count). The van der Waals surface area contributed by atoms with E-state index in [1.165, 1.54) is 12.8 Å². The average molecular weight is 276 g/mol. The summed E-state index contributed by atoms with van der Waals surface area (Å²) in [4.78, 5) is 14.5. The molecule has 0 aromatic heterocycles. The summed E-state index contributed by atoms with van der Waals surface area (Å²) in [5.74, 6) is 0.683. The summed E-state index contributed by atoms with van der Waals surface area (Å²) >= 11 is 0. The van der Waals surface area contributed by atoms with Gasteiger partial charge in [0.25, 0.3) is 5.91 Å². The fraction of sp³-hybridized carbons (Fsp3) is 0.562. The highest BCUT2D eigenvalue weighted by Crippen LogP contribution is 2.16. The van der Waals surface area contributed by atoms with Crippen molar-refractivity contribution in [2.24, 2.45) is 0 Å². The predicted octanol–water partition coefficient (Wildman–Crippen LogP) is 2.05.